The Hall–Kier alpha value is -2.83. The number of benzene rings is 2. The molecular weight excluding hydrogens is 374 g/mol. The minimum absolute atomic E-state index is 0.0148. The van der Waals surface area contributed by atoms with Crippen LogP contribution in [-0.4, -0.2) is 71.0 Å². The summed E-state index contributed by atoms with van der Waals surface area (Å²) in [4.78, 5) is 27.2. The van der Waals surface area contributed by atoms with Crippen LogP contribution in [-0.2, 0) is 5.41 Å². The highest BCUT2D eigenvalue weighted by atomic mass is 16.1. The smallest absolute Gasteiger partial charge is 0.251 e. The lowest BCUT2D eigenvalue weighted by Gasteiger charge is -2.55. The molecule has 1 aromatic heterocycles. The van der Waals surface area contributed by atoms with E-state index in [9.17, 15) is 4.79 Å². The Labute approximate surface area is 175 Å². The van der Waals surface area contributed by atoms with Gasteiger partial charge in [-0.3, -0.25) is 14.8 Å². The Morgan fingerprint density at radius 2 is 1.63 bits per heavy atom. The third kappa shape index (κ3) is 2.82. The van der Waals surface area contributed by atoms with Crippen LogP contribution in [0, 0.1) is 5.92 Å². The van der Waals surface area contributed by atoms with Gasteiger partial charge in [-0.25, -0.2) is 0 Å². The molecule has 4 saturated heterocycles. The SMILES string of the molecule is O=C(NC1C2CN3CCN(C2)CC1(c1ccccc1)C3)c1ccc2nccnc2c1. The number of carbonyl (C=O) groups excluding carboxylic acids is 1. The Bertz CT molecular complexity index is 1080. The number of carbonyl (C=O) groups is 1. The van der Waals surface area contributed by atoms with Crippen molar-refractivity contribution in [3.8, 4) is 0 Å². The zero-order valence-corrected chi connectivity index (χ0v) is 16.9. The third-order valence-electron chi connectivity index (χ3n) is 7.16. The summed E-state index contributed by atoms with van der Waals surface area (Å²) in [5.41, 5.74) is 3.47. The molecule has 4 fully saturated rings. The maximum atomic E-state index is 13.4. The van der Waals surface area contributed by atoms with Gasteiger partial charge in [-0.2, -0.15) is 0 Å². The average Bonchev–Trinajstić information content (AvgIpc) is 3.04. The lowest BCUT2D eigenvalue weighted by atomic mass is 9.64. The van der Waals surface area contributed by atoms with Crippen LogP contribution in [0.5, 0.6) is 0 Å². The van der Waals surface area contributed by atoms with Crippen molar-refractivity contribution in [1.29, 1.82) is 0 Å². The highest BCUT2D eigenvalue weighted by Gasteiger charge is 2.55. The van der Waals surface area contributed by atoms with E-state index in [1.54, 1.807) is 12.4 Å². The number of fused-ring (bicyclic) bond motifs is 2. The standard InChI is InChI=1S/C24H25N5O/c30-23(17-6-7-20-21(12-17)26-9-8-25-20)27-22-18-13-28-10-11-29(14-18)16-24(22,15-28)19-4-2-1-3-5-19/h1-9,12,18,22H,10-11,13-16H2,(H,27,30). The fraction of sp³-hybridized carbons (Fsp3) is 0.375. The van der Waals surface area contributed by atoms with E-state index in [-0.39, 0.29) is 17.4 Å². The van der Waals surface area contributed by atoms with Crippen molar-refractivity contribution in [3.63, 3.8) is 0 Å². The molecule has 4 bridgehead atoms. The normalized spacial score (nSPS) is 32.1. The number of hydrogen-bond acceptors (Lipinski definition) is 5. The maximum Gasteiger partial charge on any atom is 0.251 e. The molecule has 1 N–H and O–H groups in total. The fourth-order valence-electron chi connectivity index (χ4n) is 5.90. The van der Waals surface area contributed by atoms with Crippen molar-refractivity contribution in [2.24, 2.45) is 5.92 Å². The van der Waals surface area contributed by atoms with E-state index >= 15 is 0 Å². The van der Waals surface area contributed by atoms with Gasteiger partial charge < -0.3 is 15.1 Å². The van der Waals surface area contributed by atoms with Crippen LogP contribution in [0.15, 0.2) is 60.9 Å². The van der Waals surface area contributed by atoms with Crippen molar-refractivity contribution in [2.45, 2.75) is 11.5 Å². The predicted molar refractivity (Wildman–Crippen MR) is 115 cm³/mol. The summed E-state index contributed by atoms with van der Waals surface area (Å²) in [6.45, 7) is 6.35. The molecule has 0 spiro atoms. The van der Waals surface area contributed by atoms with Crippen molar-refractivity contribution in [3.05, 3.63) is 72.1 Å². The molecule has 5 heterocycles. The molecule has 4 aliphatic heterocycles. The van der Waals surface area contributed by atoms with Crippen LogP contribution in [0.1, 0.15) is 15.9 Å². The summed E-state index contributed by atoms with van der Waals surface area (Å²) in [5, 5.41) is 3.47. The summed E-state index contributed by atoms with van der Waals surface area (Å²) in [6.07, 6.45) is 3.34. The summed E-state index contributed by atoms with van der Waals surface area (Å²) in [6, 6.07) is 16.5. The van der Waals surface area contributed by atoms with Crippen LogP contribution >= 0.6 is 0 Å². The molecule has 6 nitrogen and oxygen atoms in total. The van der Waals surface area contributed by atoms with Gasteiger partial charge in [0.15, 0.2) is 0 Å². The van der Waals surface area contributed by atoms with Gasteiger partial charge in [0.2, 0.25) is 0 Å². The molecule has 152 valence electrons. The van der Waals surface area contributed by atoms with Crippen LogP contribution in [0.3, 0.4) is 0 Å². The molecule has 7 rings (SSSR count). The third-order valence-corrected chi connectivity index (χ3v) is 7.16. The number of piperidine rings is 2. The van der Waals surface area contributed by atoms with E-state index in [0.717, 1.165) is 50.3 Å². The first-order valence-corrected chi connectivity index (χ1v) is 10.7. The molecule has 1 amide bonds. The van der Waals surface area contributed by atoms with E-state index in [4.69, 9.17) is 0 Å². The molecule has 6 heteroatoms. The maximum absolute atomic E-state index is 13.4. The van der Waals surface area contributed by atoms with Gasteiger partial charge in [0, 0.05) is 74.6 Å². The molecule has 2 aromatic carbocycles. The van der Waals surface area contributed by atoms with E-state index in [1.807, 2.05) is 18.2 Å². The first-order valence-electron chi connectivity index (χ1n) is 10.7. The zero-order valence-electron chi connectivity index (χ0n) is 16.9. The van der Waals surface area contributed by atoms with Gasteiger partial charge in [-0.05, 0) is 23.8 Å². The molecule has 3 atom stereocenters. The second-order valence-electron chi connectivity index (χ2n) is 8.96. The monoisotopic (exact) mass is 399 g/mol. The topological polar surface area (TPSA) is 61.4 Å². The van der Waals surface area contributed by atoms with Crippen LogP contribution in [0.2, 0.25) is 0 Å². The summed E-state index contributed by atoms with van der Waals surface area (Å²) in [7, 11) is 0. The number of nitrogens with one attached hydrogen (secondary N) is 1. The van der Waals surface area contributed by atoms with Gasteiger partial charge in [0.1, 0.15) is 0 Å². The molecule has 3 unspecified atom stereocenters. The number of nitrogens with zero attached hydrogens (tertiary/aromatic N) is 4. The van der Waals surface area contributed by atoms with Gasteiger partial charge in [0.25, 0.3) is 5.91 Å². The van der Waals surface area contributed by atoms with E-state index in [2.05, 4.69) is 55.4 Å². The first-order chi connectivity index (χ1) is 14.7. The molecule has 0 aliphatic carbocycles. The lowest BCUT2D eigenvalue weighted by molar-refractivity contribution is 0.0180. The van der Waals surface area contributed by atoms with Crippen LogP contribution < -0.4 is 5.32 Å². The van der Waals surface area contributed by atoms with Crippen LogP contribution in [0.4, 0.5) is 0 Å². The summed E-state index contributed by atoms with van der Waals surface area (Å²) in [5.74, 6) is 0.415. The van der Waals surface area contributed by atoms with Gasteiger partial charge >= 0.3 is 0 Å². The first kappa shape index (κ1) is 18.0. The van der Waals surface area contributed by atoms with Crippen molar-refractivity contribution < 1.29 is 4.79 Å². The fourth-order valence-corrected chi connectivity index (χ4v) is 5.90. The molecule has 3 aromatic rings. The molecular formula is C24H25N5O. The van der Waals surface area contributed by atoms with Gasteiger partial charge in [-0.1, -0.05) is 30.3 Å². The number of amides is 1. The summed E-state index contributed by atoms with van der Waals surface area (Å²) >= 11 is 0. The molecule has 4 aliphatic rings. The predicted octanol–water partition coefficient (Wildman–Crippen LogP) is 1.93. The number of rotatable bonds is 3. The lowest BCUT2D eigenvalue weighted by Crippen LogP contribution is -2.70. The second kappa shape index (κ2) is 6.86. The van der Waals surface area contributed by atoms with Crippen molar-refractivity contribution in [1.82, 2.24) is 25.1 Å². The molecule has 0 radical (unpaired) electrons. The largest absolute Gasteiger partial charge is 0.348 e. The van der Waals surface area contributed by atoms with E-state index in [0.29, 0.717) is 11.5 Å². The zero-order chi connectivity index (χ0) is 20.1. The number of hydrogen-bond donors (Lipinski definition) is 1. The second-order valence-corrected chi connectivity index (χ2v) is 8.96. The Morgan fingerprint density at radius 3 is 2.37 bits per heavy atom. The average molecular weight is 399 g/mol. The van der Waals surface area contributed by atoms with Crippen LogP contribution in [0.25, 0.3) is 11.0 Å². The van der Waals surface area contributed by atoms with E-state index < -0.39 is 0 Å². The van der Waals surface area contributed by atoms with Gasteiger partial charge in [-0.15, -0.1) is 0 Å². The number of aromatic nitrogens is 2. The summed E-state index contributed by atoms with van der Waals surface area (Å²) < 4.78 is 0. The van der Waals surface area contributed by atoms with Gasteiger partial charge in [0.05, 0.1) is 11.0 Å². The Balaban J connectivity index is 1.37. The highest BCUT2D eigenvalue weighted by Crippen LogP contribution is 2.43. The Morgan fingerprint density at radius 1 is 0.933 bits per heavy atom. The van der Waals surface area contributed by atoms with E-state index in [1.165, 1.54) is 5.56 Å². The highest BCUT2D eigenvalue weighted by molar-refractivity contribution is 5.97. The van der Waals surface area contributed by atoms with Crippen molar-refractivity contribution >= 4 is 16.9 Å². The minimum atomic E-state index is -0.0781. The molecule has 30 heavy (non-hydrogen) atoms. The van der Waals surface area contributed by atoms with Crippen molar-refractivity contribution in [2.75, 3.05) is 39.3 Å². The quantitative estimate of drug-likeness (QED) is 0.729. The minimum Gasteiger partial charge on any atom is -0.348 e. The molecule has 0 saturated carbocycles. The Kier molecular flexibility index (Phi) is 4.11.